The average molecular weight is 279 g/mol. The fourth-order valence-electron chi connectivity index (χ4n) is 1.33. The van der Waals surface area contributed by atoms with Gasteiger partial charge in [-0.1, -0.05) is 23.4 Å². The Balaban J connectivity index is 1.99. The minimum Gasteiger partial charge on any atom is -0.329 e. The molecule has 0 unspecified atom stereocenters. The summed E-state index contributed by atoms with van der Waals surface area (Å²) in [4.78, 5) is 15.9. The van der Waals surface area contributed by atoms with Crippen molar-refractivity contribution in [3.63, 3.8) is 0 Å². The Labute approximate surface area is 114 Å². The van der Waals surface area contributed by atoms with Crippen LogP contribution in [0.15, 0.2) is 53.3 Å². The number of hydrogen-bond donors (Lipinski definition) is 0. The van der Waals surface area contributed by atoms with Crippen LogP contribution in [0, 0.1) is 0 Å². The third-order valence-electron chi connectivity index (χ3n) is 2.30. The number of carbonyl (C=O) groups excluding carboxylic acids is 1. The van der Waals surface area contributed by atoms with Gasteiger partial charge in [0.15, 0.2) is 10.9 Å². The van der Waals surface area contributed by atoms with Crippen LogP contribution in [0.25, 0.3) is 0 Å². The van der Waals surface area contributed by atoms with Crippen molar-refractivity contribution in [1.29, 1.82) is 0 Å². The van der Waals surface area contributed by atoms with Crippen LogP contribution < -0.4 is 0 Å². The van der Waals surface area contributed by atoms with Crippen molar-refractivity contribution < 1.29 is 4.79 Å². The minimum absolute atomic E-state index is 0.0478. The van der Waals surface area contributed by atoms with E-state index in [0.29, 0.717) is 10.6 Å². The van der Waals surface area contributed by atoms with Gasteiger partial charge in [-0.25, -0.2) is 4.98 Å². The molecule has 18 heavy (non-hydrogen) atoms. The standard InChI is InChI=1S/C13H11ClN2OS/c1-16-8-7-15-13(16)18-9-6-12(17)10-2-4-11(14)5-3-10/h2-9H,1H3/b9-6+. The third-order valence-corrected chi connectivity index (χ3v) is 3.43. The maximum Gasteiger partial charge on any atom is 0.186 e. The monoisotopic (exact) mass is 278 g/mol. The summed E-state index contributed by atoms with van der Waals surface area (Å²) in [5, 5.41) is 3.20. The molecule has 0 N–H and O–H groups in total. The van der Waals surface area contributed by atoms with Gasteiger partial charge in [-0.05, 0) is 35.7 Å². The first-order valence-corrected chi connectivity index (χ1v) is 6.53. The van der Waals surface area contributed by atoms with Gasteiger partial charge in [0.1, 0.15) is 0 Å². The lowest BCUT2D eigenvalue weighted by Gasteiger charge is -1.97. The van der Waals surface area contributed by atoms with Crippen LogP contribution in [-0.4, -0.2) is 15.3 Å². The van der Waals surface area contributed by atoms with E-state index in [0.717, 1.165) is 5.16 Å². The molecule has 1 aromatic carbocycles. The summed E-state index contributed by atoms with van der Waals surface area (Å²) < 4.78 is 1.89. The van der Waals surface area contributed by atoms with Gasteiger partial charge in [0.05, 0.1) is 0 Å². The van der Waals surface area contributed by atoms with Crippen LogP contribution in [0.5, 0.6) is 0 Å². The van der Waals surface area contributed by atoms with E-state index in [1.165, 1.54) is 17.8 Å². The van der Waals surface area contributed by atoms with Crippen molar-refractivity contribution in [1.82, 2.24) is 9.55 Å². The van der Waals surface area contributed by atoms with E-state index in [2.05, 4.69) is 4.98 Å². The summed E-state index contributed by atoms with van der Waals surface area (Å²) in [6.45, 7) is 0. The predicted octanol–water partition coefficient (Wildman–Crippen LogP) is 3.56. The molecule has 3 nitrogen and oxygen atoms in total. The summed E-state index contributed by atoms with van der Waals surface area (Å²) in [6.07, 6.45) is 5.11. The second-order valence-corrected chi connectivity index (χ2v) is 4.92. The highest BCUT2D eigenvalue weighted by Gasteiger charge is 2.01. The van der Waals surface area contributed by atoms with Crippen molar-refractivity contribution in [2.75, 3.05) is 0 Å². The zero-order valence-electron chi connectivity index (χ0n) is 9.71. The maximum absolute atomic E-state index is 11.8. The molecule has 0 aliphatic carbocycles. The number of aromatic nitrogens is 2. The van der Waals surface area contributed by atoms with Gasteiger partial charge < -0.3 is 4.57 Å². The number of aryl methyl sites for hydroxylation is 1. The summed E-state index contributed by atoms with van der Waals surface area (Å²) >= 11 is 7.17. The van der Waals surface area contributed by atoms with Gasteiger partial charge in [-0.15, -0.1) is 0 Å². The fraction of sp³-hybridized carbons (Fsp3) is 0.0769. The van der Waals surface area contributed by atoms with Crippen LogP contribution in [0.2, 0.25) is 5.02 Å². The number of imidazole rings is 1. The van der Waals surface area contributed by atoms with Crippen LogP contribution in [0.4, 0.5) is 0 Å². The SMILES string of the molecule is Cn1ccnc1S/C=C/C(=O)c1ccc(Cl)cc1. The molecule has 0 saturated heterocycles. The van der Waals surface area contributed by atoms with Crippen molar-refractivity contribution in [3.05, 3.63) is 58.7 Å². The number of rotatable bonds is 4. The number of hydrogen-bond acceptors (Lipinski definition) is 3. The van der Waals surface area contributed by atoms with Gasteiger partial charge in [-0.3, -0.25) is 4.79 Å². The Morgan fingerprint density at radius 3 is 2.72 bits per heavy atom. The molecule has 0 atom stereocenters. The zero-order valence-corrected chi connectivity index (χ0v) is 11.3. The highest BCUT2D eigenvalue weighted by molar-refractivity contribution is 8.02. The first kappa shape index (κ1) is 12.9. The van der Waals surface area contributed by atoms with Gasteiger partial charge in [0.25, 0.3) is 0 Å². The molecule has 0 radical (unpaired) electrons. The summed E-state index contributed by atoms with van der Waals surface area (Å²) in [6, 6.07) is 6.82. The quantitative estimate of drug-likeness (QED) is 0.487. The number of carbonyl (C=O) groups is 1. The highest BCUT2D eigenvalue weighted by atomic mass is 35.5. The topological polar surface area (TPSA) is 34.9 Å². The number of halogens is 1. The lowest BCUT2D eigenvalue weighted by atomic mass is 10.1. The average Bonchev–Trinajstić information content (AvgIpc) is 2.76. The van der Waals surface area contributed by atoms with Gasteiger partial charge >= 0.3 is 0 Å². The van der Waals surface area contributed by atoms with Gasteiger partial charge in [0, 0.05) is 30.0 Å². The molecule has 5 heteroatoms. The largest absolute Gasteiger partial charge is 0.329 e. The minimum atomic E-state index is -0.0478. The lowest BCUT2D eigenvalue weighted by Crippen LogP contribution is -1.93. The van der Waals surface area contributed by atoms with Crippen molar-refractivity contribution in [3.8, 4) is 0 Å². The Bertz CT molecular complexity index is 575. The van der Waals surface area contributed by atoms with E-state index in [9.17, 15) is 4.79 Å². The molecule has 0 spiro atoms. The molecule has 1 heterocycles. The zero-order chi connectivity index (χ0) is 13.0. The molecule has 1 aromatic heterocycles. The number of ketones is 1. The predicted molar refractivity (Wildman–Crippen MR) is 74.0 cm³/mol. The Kier molecular flexibility index (Phi) is 4.23. The van der Waals surface area contributed by atoms with Crippen LogP contribution in [-0.2, 0) is 7.05 Å². The second kappa shape index (κ2) is 5.89. The Morgan fingerprint density at radius 2 is 2.11 bits per heavy atom. The summed E-state index contributed by atoms with van der Waals surface area (Å²) in [5.74, 6) is -0.0478. The summed E-state index contributed by atoms with van der Waals surface area (Å²) in [5.41, 5.74) is 0.621. The molecule has 2 aromatic rings. The maximum atomic E-state index is 11.8. The highest BCUT2D eigenvalue weighted by Crippen LogP contribution is 2.16. The van der Waals surface area contributed by atoms with Crippen LogP contribution in [0.3, 0.4) is 0 Å². The van der Waals surface area contributed by atoms with Crippen LogP contribution >= 0.6 is 23.4 Å². The van der Waals surface area contributed by atoms with E-state index < -0.39 is 0 Å². The number of nitrogens with zero attached hydrogens (tertiary/aromatic N) is 2. The summed E-state index contributed by atoms with van der Waals surface area (Å²) in [7, 11) is 1.91. The van der Waals surface area contributed by atoms with E-state index in [4.69, 9.17) is 11.6 Å². The molecule has 0 amide bonds. The normalized spacial score (nSPS) is 11.0. The number of thioether (sulfide) groups is 1. The number of benzene rings is 1. The van der Waals surface area contributed by atoms with E-state index in [1.54, 1.807) is 35.9 Å². The molecule has 0 saturated carbocycles. The van der Waals surface area contributed by atoms with E-state index in [-0.39, 0.29) is 5.78 Å². The second-order valence-electron chi connectivity index (χ2n) is 3.61. The molecular formula is C13H11ClN2OS. The van der Waals surface area contributed by atoms with Gasteiger partial charge in [-0.2, -0.15) is 0 Å². The van der Waals surface area contributed by atoms with Crippen molar-refractivity contribution in [2.24, 2.45) is 7.05 Å². The molecule has 2 rings (SSSR count). The molecule has 0 aliphatic heterocycles. The molecule has 92 valence electrons. The molecule has 0 aliphatic rings. The van der Waals surface area contributed by atoms with E-state index in [1.807, 2.05) is 17.8 Å². The fourth-order valence-corrected chi connectivity index (χ4v) is 2.12. The Hall–Kier alpha value is -1.52. The molecular weight excluding hydrogens is 268 g/mol. The van der Waals surface area contributed by atoms with Crippen LogP contribution in [0.1, 0.15) is 10.4 Å². The Morgan fingerprint density at radius 1 is 1.39 bits per heavy atom. The van der Waals surface area contributed by atoms with Crippen molar-refractivity contribution >= 4 is 29.1 Å². The first-order valence-electron chi connectivity index (χ1n) is 5.27. The van der Waals surface area contributed by atoms with E-state index >= 15 is 0 Å². The molecule has 0 bridgehead atoms. The van der Waals surface area contributed by atoms with Gasteiger partial charge in [0.2, 0.25) is 0 Å². The first-order chi connectivity index (χ1) is 8.66. The lowest BCUT2D eigenvalue weighted by molar-refractivity contribution is 0.104. The number of allylic oxidation sites excluding steroid dienone is 1. The van der Waals surface area contributed by atoms with Crippen molar-refractivity contribution in [2.45, 2.75) is 5.16 Å². The molecule has 0 fully saturated rings. The smallest absolute Gasteiger partial charge is 0.186 e. The third kappa shape index (κ3) is 3.24.